The van der Waals surface area contributed by atoms with Crippen molar-refractivity contribution in [2.24, 2.45) is 0 Å². The van der Waals surface area contributed by atoms with Crippen molar-refractivity contribution in [3.8, 4) is 11.5 Å². The van der Waals surface area contributed by atoms with E-state index in [4.69, 9.17) is 18.9 Å². The van der Waals surface area contributed by atoms with Crippen molar-refractivity contribution in [1.29, 1.82) is 0 Å². The molecule has 2 aromatic rings. The number of rotatable bonds is 9. The number of carbonyl (C=O) groups excluding carboxylic acids is 2. The zero-order chi connectivity index (χ0) is 20.8. The molecule has 0 radical (unpaired) electrons. The summed E-state index contributed by atoms with van der Waals surface area (Å²) in [5, 5.41) is 0. The molecule has 156 valence electrons. The van der Waals surface area contributed by atoms with Gasteiger partial charge in [0.05, 0.1) is 13.2 Å². The monoisotopic (exact) mass is 401 g/mol. The van der Waals surface area contributed by atoms with Gasteiger partial charge in [0.25, 0.3) is 0 Å². The molecule has 1 aromatic carbocycles. The van der Waals surface area contributed by atoms with Crippen LogP contribution in [-0.2, 0) is 20.8 Å². The highest BCUT2D eigenvalue weighted by Crippen LogP contribution is 2.21. The number of ether oxygens (including phenoxy) is 4. The Morgan fingerprint density at radius 1 is 1.14 bits per heavy atom. The molecule has 1 fully saturated rings. The van der Waals surface area contributed by atoms with Gasteiger partial charge in [0.15, 0.2) is 13.2 Å². The smallest absolute Gasteiger partial charge is 0.344 e. The van der Waals surface area contributed by atoms with E-state index in [1.807, 2.05) is 19.9 Å². The SMILES string of the molecule is COc1ccc(OCC(=O)OCC(=O)c2cc(C)n(C[C@H]3CCCO3)c2C)cc1. The highest BCUT2D eigenvalue weighted by atomic mass is 16.6. The summed E-state index contributed by atoms with van der Waals surface area (Å²) < 4.78 is 23.3. The molecule has 0 aliphatic carbocycles. The van der Waals surface area contributed by atoms with Crippen LogP contribution >= 0.6 is 0 Å². The van der Waals surface area contributed by atoms with Crippen molar-refractivity contribution in [3.05, 3.63) is 47.3 Å². The number of aromatic nitrogens is 1. The van der Waals surface area contributed by atoms with E-state index in [1.165, 1.54) is 0 Å². The summed E-state index contributed by atoms with van der Waals surface area (Å²) in [4.78, 5) is 24.5. The van der Waals surface area contributed by atoms with Crippen LogP contribution in [-0.4, -0.2) is 49.4 Å². The number of ketones is 1. The second kappa shape index (κ2) is 9.60. The molecule has 2 heterocycles. The van der Waals surface area contributed by atoms with Crippen LogP contribution in [0.15, 0.2) is 30.3 Å². The summed E-state index contributed by atoms with van der Waals surface area (Å²) in [5.74, 6) is 0.395. The number of Topliss-reactive ketones (excluding diaryl/α,β-unsaturated/α-hetero) is 1. The number of carbonyl (C=O) groups is 2. The van der Waals surface area contributed by atoms with Gasteiger partial charge in [0.2, 0.25) is 5.78 Å². The third kappa shape index (κ3) is 5.38. The number of aryl methyl sites for hydroxylation is 1. The van der Waals surface area contributed by atoms with Gasteiger partial charge < -0.3 is 23.5 Å². The molecule has 1 atom stereocenters. The molecular weight excluding hydrogens is 374 g/mol. The van der Waals surface area contributed by atoms with Crippen LogP contribution in [0.3, 0.4) is 0 Å². The maximum atomic E-state index is 12.5. The fourth-order valence-electron chi connectivity index (χ4n) is 3.44. The molecular formula is C22H27NO6. The first-order valence-corrected chi connectivity index (χ1v) is 9.72. The number of benzene rings is 1. The Morgan fingerprint density at radius 3 is 2.52 bits per heavy atom. The van der Waals surface area contributed by atoms with Gasteiger partial charge >= 0.3 is 5.97 Å². The van der Waals surface area contributed by atoms with Gasteiger partial charge in [-0.15, -0.1) is 0 Å². The van der Waals surface area contributed by atoms with Crippen LogP contribution in [0.25, 0.3) is 0 Å². The van der Waals surface area contributed by atoms with Crippen molar-refractivity contribution >= 4 is 11.8 Å². The highest BCUT2D eigenvalue weighted by molar-refractivity contribution is 5.99. The van der Waals surface area contributed by atoms with Gasteiger partial charge in [0.1, 0.15) is 11.5 Å². The molecule has 29 heavy (non-hydrogen) atoms. The summed E-state index contributed by atoms with van der Waals surface area (Å²) in [6, 6.07) is 8.70. The Labute approximate surface area is 170 Å². The maximum Gasteiger partial charge on any atom is 0.344 e. The number of methoxy groups -OCH3 is 1. The maximum absolute atomic E-state index is 12.5. The van der Waals surface area contributed by atoms with Gasteiger partial charge in [-0.2, -0.15) is 0 Å². The molecule has 7 heteroatoms. The van der Waals surface area contributed by atoms with Crippen LogP contribution in [0.1, 0.15) is 34.6 Å². The average molecular weight is 401 g/mol. The Balaban J connectivity index is 1.50. The van der Waals surface area contributed by atoms with Crippen LogP contribution in [0.5, 0.6) is 11.5 Å². The number of hydrogen-bond acceptors (Lipinski definition) is 6. The minimum atomic E-state index is -0.595. The molecule has 0 saturated carbocycles. The van der Waals surface area contributed by atoms with E-state index >= 15 is 0 Å². The molecule has 7 nitrogen and oxygen atoms in total. The van der Waals surface area contributed by atoms with E-state index in [0.717, 1.165) is 37.4 Å². The second-order valence-electron chi connectivity index (χ2n) is 7.08. The van der Waals surface area contributed by atoms with Crippen LogP contribution in [0.4, 0.5) is 0 Å². The summed E-state index contributed by atoms with van der Waals surface area (Å²) in [6.07, 6.45) is 2.30. The molecule has 0 bridgehead atoms. The largest absolute Gasteiger partial charge is 0.497 e. The first-order chi connectivity index (χ1) is 14.0. The Hall–Kier alpha value is -2.80. The lowest BCUT2D eigenvalue weighted by molar-refractivity contribution is -0.144. The molecule has 0 amide bonds. The number of esters is 1. The van der Waals surface area contributed by atoms with Gasteiger partial charge in [-0.25, -0.2) is 4.79 Å². The zero-order valence-electron chi connectivity index (χ0n) is 17.1. The lowest BCUT2D eigenvalue weighted by Crippen LogP contribution is -2.20. The fraction of sp³-hybridized carbons (Fsp3) is 0.455. The number of hydrogen-bond donors (Lipinski definition) is 0. The molecule has 3 rings (SSSR count). The summed E-state index contributed by atoms with van der Waals surface area (Å²) in [5.41, 5.74) is 2.44. The van der Waals surface area contributed by atoms with Crippen LogP contribution in [0.2, 0.25) is 0 Å². The average Bonchev–Trinajstić information content (AvgIpc) is 3.34. The number of nitrogens with zero attached hydrogens (tertiary/aromatic N) is 1. The topological polar surface area (TPSA) is 76.0 Å². The third-order valence-corrected chi connectivity index (χ3v) is 5.06. The quantitative estimate of drug-likeness (QED) is 0.475. The predicted octanol–water partition coefficient (Wildman–Crippen LogP) is 3.10. The standard InChI is InChI=1S/C22H27NO6/c1-15-11-20(16(2)23(15)12-19-5-4-10-27-19)21(24)13-29-22(25)14-28-18-8-6-17(26-3)7-9-18/h6-9,11,19H,4-5,10,12-14H2,1-3H3/t19-/m1/s1. The van der Waals surface area contributed by atoms with Crippen molar-refractivity contribution in [3.63, 3.8) is 0 Å². The second-order valence-corrected chi connectivity index (χ2v) is 7.08. The van der Waals surface area contributed by atoms with E-state index in [0.29, 0.717) is 17.1 Å². The molecule has 0 N–H and O–H groups in total. The van der Waals surface area contributed by atoms with Crippen molar-refractivity contribution in [2.45, 2.75) is 39.3 Å². The highest BCUT2D eigenvalue weighted by Gasteiger charge is 2.21. The lowest BCUT2D eigenvalue weighted by atomic mass is 10.1. The van der Waals surface area contributed by atoms with E-state index in [2.05, 4.69) is 4.57 Å². The molecule has 1 aliphatic rings. The van der Waals surface area contributed by atoms with Gasteiger partial charge in [-0.3, -0.25) is 4.79 Å². The van der Waals surface area contributed by atoms with E-state index < -0.39 is 5.97 Å². The van der Waals surface area contributed by atoms with Crippen molar-refractivity contribution in [1.82, 2.24) is 4.57 Å². The summed E-state index contributed by atoms with van der Waals surface area (Å²) in [6.45, 7) is 4.83. The molecule has 0 unspecified atom stereocenters. The summed E-state index contributed by atoms with van der Waals surface area (Å²) in [7, 11) is 1.57. The summed E-state index contributed by atoms with van der Waals surface area (Å²) >= 11 is 0. The van der Waals surface area contributed by atoms with Crippen molar-refractivity contribution < 1.29 is 28.5 Å². The molecule has 0 spiro atoms. The van der Waals surface area contributed by atoms with E-state index in [9.17, 15) is 9.59 Å². The Morgan fingerprint density at radius 2 is 1.86 bits per heavy atom. The predicted molar refractivity (Wildman–Crippen MR) is 107 cm³/mol. The first kappa shape index (κ1) is 20.9. The molecule has 1 saturated heterocycles. The van der Waals surface area contributed by atoms with Crippen LogP contribution < -0.4 is 9.47 Å². The zero-order valence-corrected chi connectivity index (χ0v) is 17.1. The normalized spacial score (nSPS) is 15.9. The Bertz CT molecular complexity index is 849. The van der Waals surface area contributed by atoms with E-state index in [1.54, 1.807) is 31.4 Å². The van der Waals surface area contributed by atoms with Crippen LogP contribution in [0, 0.1) is 13.8 Å². The minimum absolute atomic E-state index is 0.190. The van der Waals surface area contributed by atoms with Crippen molar-refractivity contribution in [2.75, 3.05) is 26.9 Å². The van der Waals surface area contributed by atoms with Gasteiger partial charge in [0, 0.05) is 30.1 Å². The first-order valence-electron chi connectivity index (χ1n) is 9.72. The van der Waals surface area contributed by atoms with Gasteiger partial charge in [-0.1, -0.05) is 0 Å². The van der Waals surface area contributed by atoms with Gasteiger partial charge in [-0.05, 0) is 57.0 Å². The lowest BCUT2D eigenvalue weighted by Gasteiger charge is -2.14. The van der Waals surface area contributed by atoms with E-state index in [-0.39, 0.29) is 25.1 Å². The molecule has 1 aromatic heterocycles. The Kier molecular flexibility index (Phi) is 6.93. The third-order valence-electron chi connectivity index (χ3n) is 5.06. The molecule has 1 aliphatic heterocycles. The minimum Gasteiger partial charge on any atom is -0.497 e. The fourth-order valence-corrected chi connectivity index (χ4v) is 3.44.